The van der Waals surface area contributed by atoms with Crippen molar-refractivity contribution in [3.63, 3.8) is 0 Å². The Morgan fingerprint density at radius 2 is 2.22 bits per heavy atom. The molecule has 0 aliphatic carbocycles. The molecule has 1 aromatic carbocycles. The van der Waals surface area contributed by atoms with Gasteiger partial charge in [0.05, 0.1) is 11.8 Å². The zero-order valence-corrected chi connectivity index (χ0v) is 13.3. The predicted molar refractivity (Wildman–Crippen MR) is 89.7 cm³/mol. The van der Waals surface area contributed by atoms with Gasteiger partial charge in [-0.2, -0.15) is 0 Å². The standard InChI is InChI=1S/C17H17N3O2S/c21-15-10-13(19-17-20(15)7-9-23-17)11-18-14-6-8-22-16(14)12-4-2-1-3-5-12/h1-5,7,9-10,14,16,18H,6,8,11H2/t14-,16-/m0/s1. The number of nitrogens with one attached hydrogen (secondary N) is 1. The zero-order valence-electron chi connectivity index (χ0n) is 12.5. The first-order valence-corrected chi connectivity index (χ1v) is 8.55. The molecule has 3 aromatic rings. The van der Waals surface area contributed by atoms with Crippen molar-refractivity contribution >= 4 is 16.3 Å². The van der Waals surface area contributed by atoms with E-state index in [1.807, 2.05) is 23.6 Å². The van der Waals surface area contributed by atoms with E-state index in [9.17, 15) is 4.79 Å². The third kappa shape index (κ3) is 2.93. The summed E-state index contributed by atoms with van der Waals surface area (Å²) in [7, 11) is 0. The van der Waals surface area contributed by atoms with Crippen molar-refractivity contribution in [1.82, 2.24) is 14.7 Å². The van der Waals surface area contributed by atoms with E-state index in [2.05, 4.69) is 22.4 Å². The molecule has 0 spiro atoms. The van der Waals surface area contributed by atoms with Gasteiger partial charge in [0.25, 0.3) is 5.56 Å². The Balaban J connectivity index is 1.50. The summed E-state index contributed by atoms with van der Waals surface area (Å²) in [6, 6.07) is 12.1. The molecule has 0 saturated carbocycles. The van der Waals surface area contributed by atoms with Crippen molar-refractivity contribution < 1.29 is 4.74 Å². The second kappa shape index (κ2) is 6.23. The molecule has 0 amide bonds. The molecule has 1 N–H and O–H groups in total. The third-order valence-corrected chi connectivity index (χ3v) is 4.88. The van der Waals surface area contributed by atoms with Crippen molar-refractivity contribution in [2.45, 2.75) is 25.1 Å². The van der Waals surface area contributed by atoms with Crippen molar-refractivity contribution in [3.8, 4) is 0 Å². The van der Waals surface area contributed by atoms with Gasteiger partial charge in [0, 0.05) is 36.8 Å². The number of nitrogens with zero attached hydrogens (tertiary/aromatic N) is 2. The predicted octanol–water partition coefficient (Wildman–Crippen LogP) is 2.38. The lowest BCUT2D eigenvalue weighted by atomic mass is 10.0. The molecule has 1 aliphatic heterocycles. The van der Waals surface area contributed by atoms with E-state index in [0.717, 1.165) is 23.7 Å². The Labute approximate surface area is 137 Å². The van der Waals surface area contributed by atoms with Gasteiger partial charge in [0.15, 0.2) is 4.96 Å². The Bertz CT molecular complexity index is 859. The van der Waals surface area contributed by atoms with Crippen molar-refractivity contribution in [1.29, 1.82) is 0 Å². The minimum atomic E-state index is -0.0321. The van der Waals surface area contributed by atoms with Crippen molar-refractivity contribution in [2.75, 3.05) is 6.61 Å². The van der Waals surface area contributed by atoms with E-state index >= 15 is 0 Å². The Morgan fingerprint density at radius 1 is 1.35 bits per heavy atom. The van der Waals surface area contributed by atoms with Crippen LogP contribution in [0.5, 0.6) is 0 Å². The monoisotopic (exact) mass is 327 g/mol. The smallest absolute Gasteiger partial charge is 0.258 e. The first-order valence-electron chi connectivity index (χ1n) is 7.67. The second-order valence-corrected chi connectivity index (χ2v) is 6.49. The van der Waals surface area contributed by atoms with E-state index in [-0.39, 0.29) is 17.7 Å². The first kappa shape index (κ1) is 14.6. The molecule has 0 radical (unpaired) electrons. The van der Waals surface area contributed by atoms with Crippen molar-refractivity contribution in [3.05, 3.63) is 69.6 Å². The van der Waals surface area contributed by atoms with Crippen LogP contribution in [0, 0.1) is 0 Å². The van der Waals surface area contributed by atoms with Crippen molar-refractivity contribution in [2.24, 2.45) is 0 Å². The molecule has 1 saturated heterocycles. The van der Waals surface area contributed by atoms with Crippen LogP contribution in [0.25, 0.3) is 4.96 Å². The molecule has 6 heteroatoms. The average Bonchev–Trinajstić information content (AvgIpc) is 3.23. The highest BCUT2D eigenvalue weighted by Gasteiger charge is 2.29. The summed E-state index contributed by atoms with van der Waals surface area (Å²) in [5.74, 6) is 0. The molecule has 2 aromatic heterocycles. The molecule has 3 heterocycles. The fourth-order valence-corrected chi connectivity index (χ4v) is 3.72. The van der Waals surface area contributed by atoms with Gasteiger partial charge >= 0.3 is 0 Å². The molecule has 118 valence electrons. The number of fused-ring (bicyclic) bond motifs is 1. The number of aromatic nitrogens is 2. The van der Waals surface area contributed by atoms with Gasteiger partial charge in [0.1, 0.15) is 0 Å². The van der Waals surface area contributed by atoms with E-state index in [1.165, 1.54) is 16.9 Å². The normalized spacial score (nSPS) is 21.0. The number of thiazole rings is 1. The maximum atomic E-state index is 12.0. The summed E-state index contributed by atoms with van der Waals surface area (Å²) >= 11 is 1.47. The Kier molecular flexibility index (Phi) is 3.95. The topological polar surface area (TPSA) is 55.6 Å². The molecular weight excluding hydrogens is 310 g/mol. The lowest BCUT2D eigenvalue weighted by Gasteiger charge is -2.20. The minimum absolute atomic E-state index is 0.0321. The van der Waals surface area contributed by atoms with Gasteiger partial charge in [-0.15, -0.1) is 11.3 Å². The summed E-state index contributed by atoms with van der Waals surface area (Å²) in [6.07, 6.45) is 2.77. The molecule has 0 bridgehead atoms. The SMILES string of the molecule is O=c1cc(CN[C@H]2CCO[C@H]2c2ccccc2)nc2sccn12. The highest BCUT2D eigenvalue weighted by molar-refractivity contribution is 7.15. The van der Waals surface area contributed by atoms with Gasteiger partial charge in [-0.25, -0.2) is 4.98 Å². The van der Waals surface area contributed by atoms with E-state index in [0.29, 0.717) is 6.54 Å². The summed E-state index contributed by atoms with van der Waals surface area (Å²) in [4.78, 5) is 17.3. The summed E-state index contributed by atoms with van der Waals surface area (Å²) < 4.78 is 7.44. The molecule has 1 fully saturated rings. The molecular formula is C17H17N3O2S. The number of ether oxygens (including phenoxy) is 1. The van der Waals surface area contributed by atoms with Gasteiger partial charge < -0.3 is 10.1 Å². The molecule has 1 aliphatic rings. The van der Waals surface area contributed by atoms with Crippen LogP contribution >= 0.6 is 11.3 Å². The molecule has 5 nitrogen and oxygen atoms in total. The number of benzene rings is 1. The van der Waals surface area contributed by atoms with E-state index in [1.54, 1.807) is 16.7 Å². The second-order valence-electron chi connectivity index (χ2n) is 5.62. The fraction of sp³-hybridized carbons (Fsp3) is 0.294. The summed E-state index contributed by atoms with van der Waals surface area (Å²) in [6.45, 7) is 1.32. The average molecular weight is 327 g/mol. The minimum Gasteiger partial charge on any atom is -0.372 e. The summed E-state index contributed by atoms with van der Waals surface area (Å²) in [5.41, 5.74) is 1.93. The number of hydrogen-bond acceptors (Lipinski definition) is 5. The first-order chi connectivity index (χ1) is 11.3. The molecule has 2 atom stereocenters. The van der Waals surface area contributed by atoms with E-state index in [4.69, 9.17) is 4.74 Å². The quantitative estimate of drug-likeness (QED) is 0.799. The molecule has 23 heavy (non-hydrogen) atoms. The van der Waals surface area contributed by atoms with Crippen LogP contribution in [-0.2, 0) is 11.3 Å². The van der Waals surface area contributed by atoms with Crippen LogP contribution in [0.1, 0.15) is 23.8 Å². The number of hydrogen-bond donors (Lipinski definition) is 1. The van der Waals surface area contributed by atoms with Gasteiger partial charge in [-0.05, 0) is 12.0 Å². The lowest BCUT2D eigenvalue weighted by Crippen LogP contribution is -2.32. The van der Waals surface area contributed by atoms with Gasteiger partial charge in [-0.3, -0.25) is 9.20 Å². The van der Waals surface area contributed by atoms with Crippen LogP contribution in [0.2, 0.25) is 0 Å². The van der Waals surface area contributed by atoms with Crippen LogP contribution in [0.4, 0.5) is 0 Å². The highest BCUT2D eigenvalue weighted by Crippen LogP contribution is 2.29. The zero-order chi connectivity index (χ0) is 15.6. The highest BCUT2D eigenvalue weighted by atomic mass is 32.1. The lowest BCUT2D eigenvalue weighted by molar-refractivity contribution is 0.0984. The van der Waals surface area contributed by atoms with Crippen LogP contribution in [0.3, 0.4) is 0 Å². The van der Waals surface area contributed by atoms with Crippen LogP contribution in [-0.4, -0.2) is 22.0 Å². The van der Waals surface area contributed by atoms with Gasteiger partial charge in [0.2, 0.25) is 0 Å². The summed E-state index contributed by atoms with van der Waals surface area (Å²) in [5, 5.41) is 5.37. The molecule has 4 rings (SSSR count). The van der Waals surface area contributed by atoms with Gasteiger partial charge in [-0.1, -0.05) is 30.3 Å². The Morgan fingerprint density at radius 3 is 3.09 bits per heavy atom. The van der Waals surface area contributed by atoms with Crippen LogP contribution in [0.15, 0.2) is 52.8 Å². The Hall–Kier alpha value is -2.02. The largest absolute Gasteiger partial charge is 0.372 e. The van der Waals surface area contributed by atoms with E-state index < -0.39 is 0 Å². The fourth-order valence-electron chi connectivity index (χ4n) is 2.98. The maximum absolute atomic E-state index is 12.0. The van der Waals surface area contributed by atoms with Crippen LogP contribution < -0.4 is 10.9 Å². The third-order valence-electron chi connectivity index (χ3n) is 4.12. The molecule has 0 unspecified atom stereocenters. The number of rotatable bonds is 4. The maximum Gasteiger partial charge on any atom is 0.258 e.